The van der Waals surface area contributed by atoms with E-state index in [1.165, 1.54) is 37.1 Å². The number of piperidine rings is 1. The fraction of sp³-hybridized carbons (Fsp3) is 0.680. The molecule has 1 aromatic carbocycles. The number of nitrogens with zero attached hydrogens (tertiary/aromatic N) is 3. The molecule has 0 unspecified atom stereocenters. The van der Waals surface area contributed by atoms with E-state index in [0.29, 0.717) is 6.54 Å². The normalized spacial score (nSPS) is 19.9. The zero-order chi connectivity index (χ0) is 22.3. The number of hydrogen-bond donors (Lipinski definition) is 2. The fourth-order valence-corrected chi connectivity index (χ4v) is 4.97. The second kappa shape index (κ2) is 11.0. The molecule has 1 aliphatic carbocycles. The lowest BCUT2D eigenvalue weighted by Gasteiger charge is -2.31. The van der Waals surface area contributed by atoms with Gasteiger partial charge in [0.15, 0.2) is 5.96 Å². The summed E-state index contributed by atoms with van der Waals surface area (Å²) in [5.41, 5.74) is 2.33. The van der Waals surface area contributed by atoms with Gasteiger partial charge >= 0.3 is 0 Å². The Kier molecular flexibility index (Phi) is 8.35. The Morgan fingerprint density at radius 1 is 1.16 bits per heavy atom. The summed E-state index contributed by atoms with van der Waals surface area (Å²) in [7, 11) is 5.50. The minimum absolute atomic E-state index is 0.229. The summed E-state index contributed by atoms with van der Waals surface area (Å²) in [5.74, 6) is 1.85. The van der Waals surface area contributed by atoms with Crippen LogP contribution in [0.15, 0.2) is 29.3 Å². The van der Waals surface area contributed by atoms with E-state index in [9.17, 15) is 4.79 Å². The maximum atomic E-state index is 12.8. The van der Waals surface area contributed by atoms with Gasteiger partial charge in [-0.3, -0.25) is 14.7 Å². The van der Waals surface area contributed by atoms with E-state index in [-0.39, 0.29) is 11.3 Å². The number of amides is 1. The first-order valence-electron chi connectivity index (χ1n) is 11.9. The Morgan fingerprint density at radius 3 is 2.48 bits per heavy atom. The highest BCUT2D eigenvalue weighted by molar-refractivity contribution is 5.85. The van der Waals surface area contributed by atoms with Gasteiger partial charge in [0.25, 0.3) is 0 Å². The maximum absolute atomic E-state index is 12.8. The molecule has 1 aliphatic heterocycles. The molecule has 172 valence electrons. The smallest absolute Gasteiger partial charge is 0.230 e. The molecular weight excluding hydrogens is 386 g/mol. The number of rotatable bonds is 7. The molecule has 1 heterocycles. The summed E-state index contributed by atoms with van der Waals surface area (Å²) >= 11 is 0. The Labute approximate surface area is 188 Å². The number of carbonyl (C=O) groups is 1. The topological polar surface area (TPSA) is 60.0 Å². The molecule has 1 saturated carbocycles. The van der Waals surface area contributed by atoms with Crippen LogP contribution < -0.4 is 10.6 Å². The summed E-state index contributed by atoms with van der Waals surface area (Å²) in [4.78, 5) is 21.5. The van der Waals surface area contributed by atoms with Crippen molar-refractivity contribution < 1.29 is 4.79 Å². The zero-order valence-electron chi connectivity index (χ0n) is 19.9. The first-order valence-corrected chi connectivity index (χ1v) is 11.9. The van der Waals surface area contributed by atoms with Gasteiger partial charge in [0, 0.05) is 40.8 Å². The molecule has 31 heavy (non-hydrogen) atoms. The first-order chi connectivity index (χ1) is 14.9. The molecule has 6 nitrogen and oxygen atoms in total. The average Bonchev–Trinajstić information content (AvgIpc) is 3.25. The van der Waals surface area contributed by atoms with Gasteiger partial charge < -0.3 is 15.5 Å². The van der Waals surface area contributed by atoms with Crippen molar-refractivity contribution in [2.45, 2.75) is 58.5 Å². The van der Waals surface area contributed by atoms with Crippen LogP contribution in [0.4, 0.5) is 0 Å². The molecule has 1 saturated heterocycles. The van der Waals surface area contributed by atoms with Crippen LogP contribution in [-0.2, 0) is 17.9 Å². The molecule has 0 atom stereocenters. The third-order valence-corrected chi connectivity index (χ3v) is 6.97. The highest BCUT2D eigenvalue weighted by Crippen LogP contribution is 2.38. The lowest BCUT2D eigenvalue weighted by atomic mass is 9.84. The summed E-state index contributed by atoms with van der Waals surface area (Å²) in [6, 6.07) is 8.84. The quantitative estimate of drug-likeness (QED) is 0.518. The SMILES string of the molecule is CN=C(NCc1cccc(CN2CCC(C)CC2)c1)NCC1(C(=O)N(C)C)CCCC1. The molecule has 0 spiro atoms. The van der Waals surface area contributed by atoms with Crippen molar-refractivity contribution in [3.05, 3.63) is 35.4 Å². The van der Waals surface area contributed by atoms with E-state index < -0.39 is 0 Å². The number of aliphatic imine (C=N–C) groups is 1. The van der Waals surface area contributed by atoms with E-state index in [2.05, 4.69) is 51.7 Å². The Hall–Kier alpha value is -2.08. The Bertz CT molecular complexity index is 746. The van der Waals surface area contributed by atoms with Crippen LogP contribution in [0.5, 0.6) is 0 Å². The van der Waals surface area contributed by atoms with Crippen LogP contribution in [0.1, 0.15) is 56.6 Å². The first kappa shape index (κ1) is 23.6. The second-order valence-corrected chi connectivity index (χ2v) is 9.74. The van der Waals surface area contributed by atoms with Gasteiger partial charge in [0.1, 0.15) is 0 Å². The number of likely N-dealkylation sites (tertiary alicyclic amines) is 1. The van der Waals surface area contributed by atoms with Crippen LogP contribution in [-0.4, -0.2) is 62.4 Å². The zero-order valence-corrected chi connectivity index (χ0v) is 19.9. The van der Waals surface area contributed by atoms with E-state index in [1.54, 1.807) is 11.9 Å². The van der Waals surface area contributed by atoms with E-state index >= 15 is 0 Å². The van der Waals surface area contributed by atoms with E-state index in [0.717, 1.165) is 50.7 Å². The van der Waals surface area contributed by atoms with Gasteiger partial charge in [0.05, 0.1) is 5.41 Å². The van der Waals surface area contributed by atoms with E-state index in [1.807, 2.05) is 14.1 Å². The molecule has 0 aromatic heterocycles. The predicted molar refractivity (Wildman–Crippen MR) is 128 cm³/mol. The molecule has 0 bridgehead atoms. The lowest BCUT2D eigenvalue weighted by molar-refractivity contribution is -0.138. The second-order valence-electron chi connectivity index (χ2n) is 9.74. The Balaban J connectivity index is 1.52. The third-order valence-electron chi connectivity index (χ3n) is 6.97. The lowest BCUT2D eigenvalue weighted by Crippen LogP contribution is -2.49. The minimum atomic E-state index is -0.299. The van der Waals surface area contributed by atoms with Crippen molar-refractivity contribution in [1.29, 1.82) is 0 Å². The van der Waals surface area contributed by atoms with Gasteiger partial charge in [-0.2, -0.15) is 0 Å². The van der Waals surface area contributed by atoms with Crippen LogP contribution >= 0.6 is 0 Å². The van der Waals surface area contributed by atoms with Crippen LogP contribution in [0.3, 0.4) is 0 Å². The highest BCUT2D eigenvalue weighted by atomic mass is 16.2. The minimum Gasteiger partial charge on any atom is -0.355 e. The molecule has 2 N–H and O–H groups in total. The number of carbonyl (C=O) groups excluding carboxylic acids is 1. The monoisotopic (exact) mass is 427 g/mol. The maximum Gasteiger partial charge on any atom is 0.230 e. The van der Waals surface area contributed by atoms with Crippen molar-refractivity contribution in [2.75, 3.05) is 40.8 Å². The predicted octanol–water partition coefficient (Wildman–Crippen LogP) is 3.23. The van der Waals surface area contributed by atoms with Gasteiger partial charge in [-0.15, -0.1) is 0 Å². The Morgan fingerprint density at radius 2 is 1.84 bits per heavy atom. The molecule has 3 rings (SSSR count). The van der Waals surface area contributed by atoms with Crippen molar-refractivity contribution in [2.24, 2.45) is 16.3 Å². The summed E-state index contributed by atoms with van der Waals surface area (Å²) in [6.07, 6.45) is 6.75. The van der Waals surface area contributed by atoms with Gasteiger partial charge in [-0.1, -0.05) is 44.0 Å². The van der Waals surface area contributed by atoms with Crippen molar-refractivity contribution in [3.8, 4) is 0 Å². The van der Waals surface area contributed by atoms with Crippen molar-refractivity contribution in [3.63, 3.8) is 0 Å². The van der Waals surface area contributed by atoms with Gasteiger partial charge in [-0.25, -0.2) is 0 Å². The average molecular weight is 428 g/mol. The highest BCUT2D eigenvalue weighted by Gasteiger charge is 2.42. The number of benzene rings is 1. The molecule has 1 amide bonds. The molecular formula is C25H41N5O. The van der Waals surface area contributed by atoms with Crippen LogP contribution in [0.2, 0.25) is 0 Å². The van der Waals surface area contributed by atoms with Crippen LogP contribution in [0.25, 0.3) is 0 Å². The number of nitrogens with one attached hydrogen (secondary N) is 2. The van der Waals surface area contributed by atoms with E-state index in [4.69, 9.17) is 0 Å². The van der Waals surface area contributed by atoms with Crippen LogP contribution in [0, 0.1) is 11.3 Å². The number of guanidine groups is 1. The van der Waals surface area contributed by atoms with Crippen molar-refractivity contribution in [1.82, 2.24) is 20.4 Å². The van der Waals surface area contributed by atoms with Gasteiger partial charge in [0.2, 0.25) is 5.91 Å². The molecule has 2 aliphatic rings. The van der Waals surface area contributed by atoms with Gasteiger partial charge in [-0.05, 0) is 55.8 Å². The third kappa shape index (κ3) is 6.45. The summed E-state index contributed by atoms with van der Waals surface area (Å²) < 4.78 is 0. The fourth-order valence-electron chi connectivity index (χ4n) is 4.97. The summed E-state index contributed by atoms with van der Waals surface area (Å²) in [6.45, 7) is 7.15. The molecule has 6 heteroatoms. The standard InChI is InChI=1S/C25H41N5O/c1-20-10-14-30(15-11-20)18-22-9-7-8-21(16-22)17-27-24(26-2)28-19-25(12-5-6-13-25)23(31)29(3)4/h7-9,16,20H,5-6,10-15,17-19H2,1-4H3,(H2,26,27,28). The molecule has 2 fully saturated rings. The number of hydrogen-bond acceptors (Lipinski definition) is 3. The molecule has 1 aromatic rings. The summed E-state index contributed by atoms with van der Waals surface area (Å²) in [5, 5.41) is 6.86. The molecule has 0 radical (unpaired) electrons. The largest absolute Gasteiger partial charge is 0.355 e. The van der Waals surface area contributed by atoms with Crippen molar-refractivity contribution >= 4 is 11.9 Å².